The number of nitrogens with one attached hydrogen (secondary N) is 2. The summed E-state index contributed by atoms with van der Waals surface area (Å²) in [7, 11) is 0. The highest BCUT2D eigenvalue weighted by Gasteiger charge is 2.52. The fourth-order valence-electron chi connectivity index (χ4n) is 3.95. The largest absolute Gasteiger partial charge is 0.325 e. The quantitative estimate of drug-likeness (QED) is 0.795. The van der Waals surface area contributed by atoms with Crippen molar-refractivity contribution in [3.8, 4) is 0 Å². The molecule has 6 heteroatoms. The predicted octanol–water partition coefficient (Wildman–Crippen LogP) is 3.08. The van der Waals surface area contributed by atoms with Crippen LogP contribution in [0.1, 0.15) is 51.5 Å². The highest BCUT2D eigenvalue weighted by Crippen LogP contribution is 2.37. The van der Waals surface area contributed by atoms with Crippen LogP contribution >= 0.6 is 0 Å². The van der Waals surface area contributed by atoms with E-state index in [9.17, 15) is 14.4 Å². The molecule has 3 rings (SSSR count). The van der Waals surface area contributed by atoms with Crippen molar-refractivity contribution < 1.29 is 14.4 Å². The van der Waals surface area contributed by atoms with Gasteiger partial charge in [-0.05, 0) is 55.7 Å². The molecule has 2 fully saturated rings. The molecule has 0 unspecified atom stereocenters. The average Bonchev–Trinajstić information content (AvgIpc) is 2.87. The van der Waals surface area contributed by atoms with E-state index in [4.69, 9.17) is 0 Å². The minimum atomic E-state index is -0.800. The minimum Gasteiger partial charge on any atom is -0.325 e. The molecule has 0 aromatic heterocycles. The molecule has 1 heterocycles. The molecule has 1 aromatic rings. The first-order valence-electron chi connectivity index (χ1n) is 9.50. The Morgan fingerprint density at radius 2 is 2.00 bits per heavy atom. The monoisotopic (exact) mass is 357 g/mol. The van der Waals surface area contributed by atoms with Crippen molar-refractivity contribution in [3.63, 3.8) is 0 Å². The van der Waals surface area contributed by atoms with Crippen LogP contribution < -0.4 is 10.6 Å². The third kappa shape index (κ3) is 3.59. The van der Waals surface area contributed by atoms with Gasteiger partial charge in [-0.2, -0.15) is 0 Å². The summed E-state index contributed by atoms with van der Waals surface area (Å²) in [6, 6.07) is 7.11. The zero-order valence-corrected chi connectivity index (χ0v) is 15.5. The molecule has 2 aliphatic rings. The van der Waals surface area contributed by atoms with Crippen LogP contribution in [0.5, 0.6) is 0 Å². The van der Waals surface area contributed by atoms with Crippen LogP contribution in [0.25, 0.3) is 0 Å². The number of rotatable bonds is 5. The van der Waals surface area contributed by atoms with Crippen molar-refractivity contribution in [2.75, 3.05) is 11.9 Å². The van der Waals surface area contributed by atoms with Gasteiger partial charge in [0.05, 0.1) is 0 Å². The van der Waals surface area contributed by atoms with Crippen LogP contribution in [0.2, 0.25) is 0 Å². The number of carbonyl (C=O) groups excluding carboxylic acids is 3. The molecule has 1 saturated heterocycles. The summed E-state index contributed by atoms with van der Waals surface area (Å²) in [5.74, 6) is 0.00377. The van der Waals surface area contributed by atoms with E-state index in [1.807, 2.05) is 25.1 Å². The van der Waals surface area contributed by atoms with Crippen LogP contribution in [0.4, 0.5) is 10.5 Å². The van der Waals surface area contributed by atoms with E-state index in [1.54, 1.807) is 6.07 Å². The van der Waals surface area contributed by atoms with E-state index >= 15 is 0 Å². The van der Waals surface area contributed by atoms with Gasteiger partial charge in [0.25, 0.3) is 5.91 Å². The number of nitrogens with zero attached hydrogens (tertiary/aromatic N) is 1. The normalized spacial score (nSPS) is 25.5. The third-order valence-electron chi connectivity index (χ3n) is 5.70. The van der Waals surface area contributed by atoms with Crippen molar-refractivity contribution in [3.05, 3.63) is 29.8 Å². The molecule has 6 nitrogen and oxygen atoms in total. The molecule has 1 aliphatic carbocycles. The molecule has 1 aromatic carbocycles. The first-order chi connectivity index (χ1) is 12.5. The van der Waals surface area contributed by atoms with Gasteiger partial charge in [0.2, 0.25) is 5.91 Å². The maximum absolute atomic E-state index is 12.8. The Kier molecular flexibility index (Phi) is 5.30. The van der Waals surface area contributed by atoms with E-state index in [2.05, 4.69) is 17.6 Å². The second-order valence-electron chi connectivity index (χ2n) is 7.36. The summed E-state index contributed by atoms with van der Waals surface area (Å²) in [4.78, 5) is 38.6. The van der Waals surface area contributed by atoms with Crippen LogP contribution in [0, 0.1) is 5.92 Å². The van der Waals surface area contributed by atoms with E-state index in [0.29, 0.717) is 24.4 Å². The lowest BCUT2D eigenvalue weighted by molar-refractivity contribution is -0.135. The molecular weight excluding hydrogens is 330 g/mol. The standard InChI is InChI=1S/C20H27N3O3/c1-3-14-8-10-20(11-9-14)18(25)23(19(26)22-20)13-17(24)21-16-7-5-6-15(4-2)12-16/h5-7,12,14H,3-4,8-11,13H2,1-2H3,(H,21,24)(H,22,26). The summed E-state index contributed by atoms with van der Waals surface area (Å²) in [5, 5.41) is 5.64. The van der Waals surface area contributed by atoms with Gasteiger partial charge in [0.1, 0.15) is 12.1 Å². The Morgan fingerprint density at radius 1 is 1.27 bits per heavy atom. The van der Waals surface area contributed by atoms with Crippen LogP contribution in [0.15, 0.2) is 24.3 Å². The van der Waals surface area contributed by atoms with Crippen molar-refractivity contribution in [1.29, 1.82) is 0 Å². The zero-order valence-electron chi connectivity index (χ0n) is 15.5. The molecule has 1 saturated carbocycles. The summed E-state index contributed by atoms with van der Waals surface area (Å²) < 4.78 is 0. The number of urea groups is 1. The Labute approximate surface area is 154 Å². The van der Waals surface area contributed by atoms with E-state index in [1.165, 1.54) is 0 Å². The minimum absolute atomic E-state index is 0.250. The van der Waals surface area contributed by atoms with Gasteiger partial charge in [0.15, 0.2) is 0 Å². The Bertz CT molecular complexity index is 708. The number of anilines is 1. The molecule has 2 N–H and O–H groups in total. The van der Waals surface area contributed by atoms with Crippen LogP contribution in [-0.4, -0.2) is 34.8 Å². The van der Waals surface area contributed by atoms with Crippen LogP contribution in [0.3, 0.4) is 0 Å². The van der Waals surface area contributed by atoms with Crippen LogP contribution in [-0.2, 0) is 16.0 Å². The average molecular weight is 357 g/mol. The highest BCUT2D eigenvalue weighted by atomic mass is 16.2. The summed E-state index contributed by atoms with van der Waals surface area (Å²) >= 11 is 0. The number of aryl methyl sites for hydroxylation is 1. The second-order valence-corrected chi connectivity index (χ2v) is 7.36. The molecule has 1 spiro atoms. The van der Waals surface area contributed by atoms with Crippen molar-refractivity contribution in [1.82, 2.24) is 10.2 Å². The molecule has 26 heavy (non-hydrogen) atoms. The number of benzene rings is 1. The molecular formula is C20H27N3O3. The van der Waals surface area contributed by atoms with E-state index in [0.717, 1.165) is 36.1 Å². The number of imide groups is 1. The van der Waals surface area contributed by atoms with Crippen molar-refractivity contribution in [2.45, 2.75) is 57.9 Å². The Hall–Kier alpha value is -2.37. The van der Waals surface area contributed by atoms with Gasteiger partial charge < -0.3 is 10.6 Å². The zero-order chi connectivity index (χ0) is 18.7. The van der Waals surface area contributed by atoms with Gasteiger partial charge >= 0.3 is 6.03 Å². The van der Waals surface area contributed by atoms with Crippen molar-refractivity contribution in [2.24, 2.45) is 5.92 Å². The SMILES string of the molecule is CCc1cccc(NC(=O)CN2C(=O)NC3(CCC(CC)CC3)C2=O)c1. The van der Waals surface area contributed by atoms with Gasteiger partial charge in [-0.3, -0.25) is 14.5 Å². The molecule has 0 radical (unpaired) electrons. The third-order valence-corrected chi connectivity index (χ3v) is 5.70. The van der Waals surface area contributed by atoms with Gasteiger partial charge in [-0.1, -0.05) is 32.4 Å². The van der Waals surface area contributed by atoms with E-state index in [-0.39, 0.29) is 18.4 Å². The maximum atomic E-state index is 12.8. The lowest BCUT2D eigenvalue weighted by Crippen LogP contribution is -2.49. The molecule has 0 atom stereocenters. The van der Waals surface area contributed by atoms with E-state index < -0.39 is 11.6 Å². The smallest absolute Gasteiger partial charge is 0.325 e. The number of amides is 4. The predicted molar refractivity (Wildman–Crippen MR) is 99.7 cm³/mol. The highest BCUT2D eigenvalue weighted by molar-refractivity contribution is 6.10. The fourth-order valence-corrected chi connectivity index (χ4v) is 3.95. The first kappa shape index (κ1) is 18.4. The molecule has 1 aliphatic heterocycles. The first-order valence-corrected chi connectivity index (χ1v) is 9.50. The lowest BCUT2D eigenvalue weighted by atomic mass is 9.75. The summed E-state index contributed by atoms with van der Waals surface area (Å²) in [6.07, 6.45) is 5.16. The molecule has 140 valence electrons. The van der Waals surface area contributed by atoms with Gasteiger partial charge in [0, 0.05) is 5.69 Å². The summed E-state index contributed by atoms with van der Waals surface area (Å²) in [5.41, 5.74) is 0.995. The van der Waals surface area contributed by atoms with Gasteiger partial charge in [-0.25, -0.2) is 4.79 Å². The Balaban J connectivity index is 1.63. The fraction of sp³-hybridized carbons (Fsp3) is 0.550. The second kappa shape index (κ2) is 7.48. The molecule has 4 amide bonds. The topological polar surface area (TPSA) is 78.5 Å². The van der Waals surface area contributed by atoms with Crippen molar-refractivity contribution >= 4 is 23.5 Å². The number of hydrogen-bond donors (Lipinski definition) is 2. The number of carbonyl (C=O) groups is 3. The Morgan fingerprint density at radius 3 is 2.65 bits per heavy atom. The van der Waals surface area contributed by atoms with Gasteiger partial charge in [-0.15, -0.1) is 0 Å². The number of hydrogen-bond acceptors (Lipinski definition) is 3. The summed E-state index contributed by atoms with van der Waals surface area (Å²) in [6.45, 7) is 3.95. The lowest BCUT2D eigenvalue weighted by Gasteiger charge is -2.34. The maximum Gasteiger partial charge on any atom is 0.325 e. The molecule has 0 bridgehead atoms.